The molecule has 1 N–H and O–H groups in total. The van der Waals surface area contributed by atoms with Gasteiger partial charge in [-0.1, -0.05) is 33.1 Å². The first-order valence-electron chi connectivity index (χ1n) is 6.71. The summed E-state index contributed by atoms with van der Waals surface area (Å²) in [6.07, 6.45) is 8.34. The normalized spacial score (nSPS) is 28.0. The van der Waals surface area contributed by atoms with Crippen LogP contribution in [0.3, 0.4) is 0 Å². The topological polar surface area (TPSA) is 23.5 Å². The van der Waals surface area contributed by atoms with E-state index in [1.165, 1.54) is 38.5 Å². The summed E-state index contributed by atoms with van der Waals surface area (Å²) < 4.78 is 0. The fourth-order valence-electron chi connectivity index (χ4n) is 2.71. The average molecular weight is 213 g/mol. The maximum Gasteiger partial charge on any atom is 0.0695 e. The van der Waals surface area contributed by atoms with Crippen molar-refractivity contribution in [1.82, 2.24) is 4.90 Å². The zero-order valence-corrected chi connectivity index (χ0v) is 10.4. The second kappa shape index (κ2) is 7.24. The Balaban J connectivity index is 2.52. The second-order valence-corrected chi connectivity index (χ2v) is 4.81. The molecule has 2 atom stereocenters. The molecule has 0 spiro atoms. The van der Waals surface area contributed by atoms with Gasteiger partial charge < -0.3 is 5.11 Å². The molecule has 0 bridgehead atoms. The Morgan fingerprint density at radius 1 is 1.00 bits per heavy atom. The van der Waals surface area contributed by atoms with Gasteiger partial charge in [-0.2, -0.15) is 0 Å². The van der Waals surface area contributed by atoms with Crippen LogP contribution < -0.4 is 0 Å². The highest BCUT2D eigenvalue weighted by Gasteiger charge is 2.26. The van der Waals surface area contributed by atoms with E-state index in [2.05, 4.69) is 18.7 Å². The lowest BCUT2D eigenvalue weighted by Crippen LogP contribution is -2.43. The standard InChI is InChI=1S/C13H27NO/c1-3-10-14(11-4-2)12-8-6-5-7-9-13(12)15/h12-13,15H,3-11H2,1-2H3. The van der Waals surface area contributed by atoms with Gasteiger partial charge in [-0.05, 0) is 38.8 Å². The molecular formula is C13H27NO. The molecule has 1 rings (SSSR count). The molecule has 1 aliphatic rings. The van der Waals surface area contributed by atoms with Gasteiger partial charge in [0.2, 0.25) is 0 Å². The van der Waals surface area contributed by atoms with E-state index < -0.39 is 0 Å². The van der Waals surface area contributed by atoms with Crippen molar-refractivity contribution in [2.24, 2.45) is 0 Å². The molecular weight excluding hydrogens is 186 g/mol. The van der Waals surface area contributed by atoms with Crippen LogP contribution in [0, 0.1) is 0 Å². The lowest BCUT2D eigenvalue weighted by Gasteiger charge is -2.33. The Bertz CT molecular complexity index is 155. The third-order valence-corrected chi connectivity index (χ3v) is 3.43. The molecule has 0 saturated heterocycles. The summed E-state index contributed by atoms with van der Waals surface area (Å²) in [4.78, 5) is 2.51. The van der Waals surface area contributed by atoms with Crippen molar-refractivity contribution in [3.05, 3.63) is 0 Å². The van der Waals surface area contributed by atoms with Gasteiger partial charge in [0.25, 0.3) is 0 Å². The SMILES string of the molecule is CCCN(CCC)C1CCCCCC1O. The van der Waals surface area contributed by atoms with Gasteiger partial charge in [0.15, 0.2) is 0 Å². The van der Waals surface area contributed by atoms with Gasteiger partial charge in [-0.3, -0.25) is 4.90 Å². The summed E-state index contributed by atoms with van der Waals surface area (Å²) >= 11 is 0. The minimum atomic E-state index is -0.0781. The van der Waals surface area contributed by atoms with Gasteiger partial charge in [-0.15, -0.1) is 0 Å². The molecule has 0 aromatic heterocycles. The predicted molar refractivity (Wildman–Crippen MR) is 65.0 cm³/mol. The molecule has 2 heteroatoms. The van der Waals surface area contributed by atoms with Crippen LogP contribution in [-0.4, -0.2) is 35.2 Å². The zero-order chi connectivity index (χ0) is 11.1. The molecule has 0 aromatic carbocycles. The summed E-state index contributed by atoms with van der Waals surface area (Å²) in [7, 11) is 0. The van der Waals surface area contributed by atoms with E-state index in [1.54, 1.807) is 0 Å². The van der Waals surface area contributed by atoms with Crippen LogP contribution in [0.5, 0.6) is 0 Å². The maximum absolute atomic E-state index is 10.1. The monoisotopic (exact) mass is 213 g/mol. The summed E-state index contributed by atoms with van der Waals surface area (Å²) in [6.45, 7) is 6.75. The van der Waals surface area contributed by atoms with E-state index in [-0.39, 0.29) is 6.10 Å². The molecule has 2 nitrogen and oxygen atoms in total. The first-order chi connectivity index (χ1) is 7.29. The Kier molecular flexibility index (Phi) is 6.26. The van der Waals surface area contributed by atoms with Crippen molar-refractivity contribution in [3.63, 3.8) is 0 Å². The molecule has 2 unspecified atom stereocenters. The molecule has 90 valence electrons. The molecule has 1 saturated carbocycles. The van der Waals surface area contributed by atoms with E-state index in [9.17, 15) is 5.11 Å². The van der Waals surface area contributed by atoms with Gasteiger partial charge in [0.1, 0.15) is 0 Å². The van der Waals surface area contributed by atoms with Crippen molar-refractivity contribution < 1.29 is 5.11 Å². The Hall–Kier alpha value is -0.0800. The predicted octanol–water partition coefficient (Wildman–Crippen LogP) is 2.80. The third-order valence-electron chi connectivity index (χ3n) is 3.43. The Morgan fingerprint density at radius 3 is 2.20 bits per heavy atom. The molecule has 0 radical (unpaired) electrons. The summed E-state index contributed by atoms with van der Waals surface area (Å²) in [5.74, 6) is 0. The molecule has 0 aliphatic heterocycles. The van der Waals surface area contributed by atoms with E-state index in [0.29, 0.717) is 6.04 Å². The van der Waals surface area contributed by atoms with Crippen LogP contribution in [0.4, 0.5) is 0 Å². The maximum atomic E-state index is 10.1. The molecule has 1 fully saturated rings. The molecule has 1 aliphatic carbocycles. The van der Waals surface area contributed by atoms with Crippen LogP contribution >= 0.6 is 0 Å². The van der Waals surface area contributed by atoms with Crippen molar-refractivity contribution in [1.29, 1.82) is 0 Å². The number of aliphatic hydroxyl groups is 1. The highest BCUT2D eigenvalue weighted by atomic mass is 16.3. The highest BCUT2D eigenvalue weighted by molar-refractivity contribution is 4.81. The van der Waals surface area contributed by atoms with Crippen LogP contribution in [0.15, 0.2) is 0 Å². The van der Waals surface area contributed by atoms with Crippen LogP contribution in [0.25, 0.3) is 0 Å². The van der Waals surface area contributed by atoms with E-state index in [4.69, 9.17) is 0 Å². The lowest BCUT2D eigenvalue weighted by atomic mass is 10.0. The average Bonchev–Trinajstić information content (AvgIpc) is 2.43. The highest BCUT2D eigenvalue weighted by Crippen LogP contribution is 2.22. The van der Waals surface area contributed by atoms with Crippen molar-refractivity contribution in [3.8, 4) is 0 Å². The minimum absolute atomic E-state index is 0.0781. The molecule has 0 heterocycles. The second-order valence-electron chi connectivity index (χ2n) is 4.81. The van der Waals surface area contributed by atoms with E-state index >= 15 is 0 Å². The van der Waals surface area contributed by atoms with Crippen LogP contribution in [0.1, 0.15) is 58.8 Å². The molecule has 0 amide bonds. The van der Waals surface area contributed by atoms with E-state index in [0.717, 1.165) is 19.5 Å². The smallest absolute Gasteiger partial charge is 0.0695 e. The Labute approximate surface area is 94.7 Å². The van der Waals surface area contributed by atoms with Gasteiger partial charge in [0.05, 0.1) is 6.10 Å². The molecule has 0 aromatic rings. The van der Waals surface area contributed by atoms with Gasteiger partial charge in [0, 0.05) is 6.04 Å². The van der Waals surface area contributed by atoms with Crippen LogP contribution in [0.2, 0.25) is 0 Å². The van der Waals surface area contributed by atoms with Crippen molar-refractivity contribution >= 4 is 0 Å². The van der Waals surface area contributed by atoms with Gasteiger partial charge in [-0.25, -0.2) is 0 Å². The number of nitrogens with zero attached hydrogens (tertiary/aromatic N) is 1. The zero-order valence-electron chi connectivity index (χ0n) is 10.4. The number of aliphatic hydroxyl groups excluding tert-OH is 1. The summed E-state index contributed by atoms with van der Waals surface area (Å²) in [6, 6.07) is 0.437. The first-order valence-corrected chi connectivity index (χ1v) is 6.71. The fraction of sp³-hybridized carbons (Fsp3) is 1.00. The number of hydrogen-bond donors (Lipinski definition) is 1. The number of rotatable bonds is 5. The van der Waals surface area contributed by atoms with Crippen LogP contribution in [-0.2, 0) is 0 Å². The largest absolute Gasteiger partial charge is 0.391 e. The quantitative estimate of drug-likeness (QED) is 0.710. The minimum Gasteiger partial charge on any atom is -0.391 e. The van der Waals surface area contributed by atoms with Crippen molar-refractivity contribution in [2.75, 3.05) is 13.1 Å². The van der Waals surface area contributed by atoms with E-state index in [1.807, 2.05) is 0 Å². The third kappa shape index (κ3) is 4.12. The van der Waals surface area contributed by atoms with Crippen molar-refractivity contribution in [2.45, 2.75) is 70.9 Å². The lowest BCUT2D eigenvalue weighted by molar-refractivity contribution is 0.0438. The summed E-state index contributed by atoms with van der Waals surface area (Å²) in [5, 5.41) is 10.1. The number of hydrogen-bond acceptors (Lipinski definition) is 2. The van der Waals surface area contributed by atoms with Gasteiger partial charge >= 0.3 is 0 Å². The Morgan fingerprint density at radius 2 is 1.60 bits per heavy atom. The summed E-state index contributed by atoms with van der Waals surface area (Å²) in [5.41, 5.74) is 0. The fourth-order valence-corrected chi connectivity index (χ4v) is 2.71. The molecule has 15 heavy (non-hydrogen) atoms. The first kappa shape index (κ1) is 13.0.